The lowest BCUT2D eigenvalue weighted by molar-refractivity contribution is -0.143. The van der Waals surface area contributed by atoms with E-state index in [4.69, 9.17) is 0 Å². The van der Waals surface area contributed by atoms with Gasteiger partial charge in [0.1, 0.15) is 11.9 Å². The van der Waals surface area contributed by atoms with Crippen molar-refractivity contribution in [2.75, 3.05) is 27.7 Å². The van der Waals surface area contributed by atoms with E-state index in [1.54, 1.807) is 19.0 Å². The third-order valence-corrected chi connectivity index (χ3v) is 4.70. The van der Waals surface area contributed by atoms with Crippen LogP contribution in [-0.4, -0.2) is 43.4 Å². The Morgan fingerprint density at radius 3 is 1.77 bits per heavy atom. The smallest absolute Gasteiger partial charge is 0.344 e. The molecule has 2 aromatic carbocycles. The average molecular weight is 450 g/mol. The number of halogens is 7. The van der Waals surface area contributed by atoms with Crippen LogP contribution in [0.5, 0.6) is 0 Å². The maximum Gasteiger partial charge on any atom is 0.416 e. The van der Waals surface area contributed by atoms with Gasteiger partial charge in [-0.1, -0.05) is 12.1 Å². The summed E-state index contributed by atoms with van der Waals surface area (Å²) in [6, 6.07) is 5.84. The molecule has 31 heavy (non-hydrogen) atoms. The van der Waals surface area contributed by atoms with Gasteiger partial charge in [-0.15, -0.1) is 0 Å². The van der Waals surface area contributed by atoms with Gasteiger partial charge in [-0.2, -0.15) is 26.3 Å². The second kappa shape index (κ2) is 9.25. The number of benzene rings is 2. The molecule has 0 saturated heterocycles. The molecule has 3 nitrogen and oxygen atoms in total. The average Bonchev–Trinajstić information content (AvgIpc) is 2.65. The SMILES string of the molecule is CN(CCc1cc(C(F)(F)F)cc(C(F)(F)F)c1)C(=O)C(c1ccc(F)cc1)N(C)C. The highest BCUT2D eigenvalue weighted by Gasteiger charge is 2.37. The molecular weight excluding hydrogens is 429 g/mol. The summed E-state index contributed by atoms with van der Waals surface area (Å²) in [5.41, 5.74) is -2.49. The standard InChI is InChI=1S/C21H21F7N2O/c1-29(2)18(14-4-6-17(22)7-5-14)19(31)30(3)9-8-13-10-15(20(23,24)25)12-16(11-13)21(26,27)28/h4-7,10-12,18H,8-9H2,1-3H3. The number of alkyl halides is 6. The minimum absolute atomic E-state index is 0.0645. The third-order valence-electron chi connectivity index (χ3n) is 4.70. The predicted molar refractivity (Wildman–Crippen MR) is 101 cm³/mol. The number of likely N-dealkylation sites (N-methyl/N-ethyl adjacent to an activating group) is 2. The van der Waals surface area contributed by atoms with E-state index in [1.807, 2.05) is 0 Å². The Morgan fingerprint density at radius 2 is 1.35 bits per heavy atom. The van der Waals surface area contributed by atoms with Gasteiger partial charge in [-0.25, -0.2) is 4.39 Å². The number of carbonyl (C=O) groups excluding carboxylic acids is 1. The Kier molecular flexibility index (Phi) is 7.36. The van der Waals surface area contributed by atoms with Crippen molar-refractivity contribution in [1.29, 1.82) is 0 Å². The maximum absolute atomic E-state index is 13.2. The maximum atomic E-state index is 13.2. The topological polar surface area (TPSA) is 23.6 Å². The number of hydrogen-bond acceptors (Lipinski definition) is 2. The van der Waals surface area contributed by atoms with Crippen LogP contribution in [0.15, 0.2) is 42.5 Å². The Bertz CT molecular complexity index is 873. The third kappa shape index (κ3) is 6.43. The zero-order valence-corrected chi connectivity index (χ0v) is 17.0. The fourth-order valence-corrected chi connectivity index (χ4v) is 3.09. The number of rotatable bonds is 6. The molecule has 0 radical (unpaired) electrons. The molecule has 0 spiro atoms. The zero-order valence-electron chi connectivity index (χ0n) is 17.0. The highest BCUT2D eigenvalue weighted by molar-refractivity contribution is 5.83. The van der Waals surface area contributed by atoms with Crippen molar-refractivity contribution in [3.8, 4) is 0 Å². The summed E-state index contributed by atoms with van der Waals surface area (Å²) in [7, 11) is 4.66. The minimum Gasteiger partial charge on any atom is -0.344 e. The van der Waals surface area contributed by atoms with Crippen LogP contribution in [0.3, 0.4) is 0 Å². The summed E-state index contributed by atoms with van der Waals surface area (Å²) in [6.07, 6.45) is -10.1. The summed E-state index contributed by atoms with van der Waals surface area (Å²) in [4.78, 5) is 15.7. The molecule has 0 aliphatic rings. The molecule has 0 heterocycles. The molecule has 0 fully saturated rings. The van der Waals surface area contributed by atoms with Gasteiger partial charge in [0.15, 0.2) is 0 Å². The molecule has 1 unspecified atom stereocenters. The fraction of sp³-hybridized carbons (Fsp3) is 0.381. The van der Waals surface area contributed by atoms with E-state index in [9.17, 15) is 35.5 Å². The first-order valence-corrected chi connectivity index (χ1v) is 9.15. The molecular formula is C21H21F7N2O. The molecule has 170 valence electrons. The van der Waals surface area contributed by atoms with Gasteiger partial charge in [0.2, 0.25) is 5.91 Å². The molecule has 1 amide bonds. The molecule has 0 aromatic heterocycles. The highest BCUT2D eigenvalue weighted by atomic mass is 19.4. The van der Waals surface area contributed by atoms with Crippen molar-refractivity contribution < 1.29 is 35.5 Å². The Hall–Kier alpha value is -2.62. The monoisotopic (exact) mass is 450 g/mol. The summed E-state index contributed by atoms with van der Waals surface area (Å²) in [5, 5.41) is 0. The molecule has 10 heteroatoms. The molecule has 0 N–H and O–H groups in total. The highest BCUT2D eigenvalue weighted by Crippen LogP contribution is 2.36. The predicted octanol–water partition coefficient (Wildman–Crippen LogP) is 5.17. The van der Waals surface area contributed by atoms with Crippen LogP contribution in [0.1, 0.15) is 28.3 Å². The summed E-state index contributed by atoms with van der Waals surface area (Å²) in [6.45, 7) is -0.108. The van der Waals surface area contributed by atoms with E-state index in [-0.39, 0.29) is 24.6 Å². The van der Waals surface area contributed by atoms with Crippen molar-refractivity contribution in [2.45, 2.75) is 24.8 Å². The molecule has 0 saturated carbocycles. The first-order chi connectivity index (χ1) is 14.2. The van der Waals surface area contributed by atoms with Crippen LogP contribution in [-0.2, 0) is 23.6 Å². The van der Waals surface area contributed by atoms with Crippen molar-refractivity contribution in [1.82, 2.24) is 9.80 Å². The van der Waals surface area contributed by atoms with Crippen molar-refractivity contribution in [3.63, 3.8) is 0 Å². The van der Waals surface area contributed by atoms with Crippen LogP contribution in [0.2, 0.25) is 0 Å². The molecule has 2 rings (SSSR count). The summed E-state index contributed by atoms with van der Waals surface area (Å²) < 4.78 is 91.2. The van der Waals surface area contributed by atoms with Crippen molar-refractivity contribution in [3.05, 3.63) is 70.5 Å². The number of hydrogen-bond donors (Lipinski definition) is 0. The Labute approximate surface area is 175 Å². The van der Waals surface area contributed by atoms with E-state index in [0.717, 1.165) is 0 Å². The molecule has 0 bridgehead atoms. The summed E-state index contributed by atoms with van der Waals surface area (Å²) in [5.74, 6) is -0.910. The number of carbonyl (C=O) groups is 1. The van der Waals surface area contributed by atoms with Crippen LogP contribution in [0.25, 0.3) is 0 Å². The van der Waals surface area contributed by atoms with Gasteiger partial charge < -0.3 is 4.90 Å². The van der Waals surface area contributed by atoms with Crippen molar-refractivity contribution in [2.24, 2.45) is 0 Å². The lowest BCUT2D eigenvalue weighted by atomic mass is 10.0. The van der Waals surface area contributed by atoms with Gasteiger partial charge in [0, 0.05) is 13.6 Å². The Morgan fingerprint density at radius 1 is 0.871 bits per heavy atom. The van der Waals surface area contributed by atoms with Crippen LogP contribution in [0.4, 0.5) is 30.7 Å². The molecule has 0 aliphatic heterocycles. The minimum atomic E-state index is -4.93. The number of nitrogens with zero attached hydrogens (tertiary/aromatic N) is 2. The van der Waals surface area contributed by atoms with Gasteiger partial charge in [0.25, 0.3) is 0 Å². The van der Waals surface area contributed by atoms with Gasteiger partial charge >= 0.3 is 12.4 Å². The second-order valence-electron chi connectivity index (χ2n) is 7.34. The number of amides is 1. The second-order valence-corrected chi connectivity index (χ2v) is 7.34. The molecule has 0 aliphatic carbocycles. The van der Waals surface area contributed by atoms with E-state index >= 15 is 0 Å². The normalized spacial score (nSPS) is 13.4. The largest absolute Gasteiger partial charge is 0.416 e. The fourth-order valence-electron chi connectivity index (χ4n) is 3.09. The zero-order chi connectivity index (χ0) is 23.6. The van der Waals surface area contributed by atoms with E-state index in [1.165, 1.54) is 36.2 Å². The summed E-state index contributed by atoms with van der Waals surface area (Å²) >= 11 is 0. The van der Waals surface area contributed by atoms with Crippen LogP contribution >= 0.6 is 0 Å². The van der Waals surface area contributed by atoms with Gasteiger partial charge in [0.05, 0.1) is 11.1 Å². The van der Waals surface area contributed by atoms with Gasteiger partial charge in [-0.05, 0) is 62.0 Å². The molecule has 1 atom stereocenters. The lowest BCUT2D eigenvalue weighted by Crippen LogP contribution is -2.39. The lowest BCUT2D eigenvalue weighted by Gasteiger charge is -2.29. The molecule has 2 aromatic rings. The van der Waals surface area contributed by atoms with Crippen LogP contribution in [0, 0.1) is 5.82 Å². The quantitative estimate of drug-likeness (QED) is 0.568. The first-order valence-electron chi connectivity index (χ1n) is 9.15. The van der Waals surface area contributed by atoms with E-state index < -0.39 is 41.2 Å². The van der Waals surface area contributed by atoms with Crippen molar-refractivity contribution >= 4 is 5.91 Å². The Balaban J connectivity index is 2.23. The first kappa shape index (κ1) is 24.6. The van der Waals surface area contributed by atoms with Gasteiger partial charge in [-0.3, -0.25) is 9.69 Å². The van der Waals surface area contributed by atoms with E-state index in [2.05, 4.69) is 0 Å². The van der Waals surface area contributed by atoms with E-state index in [0.29, 0.717) is 17.7 Å². The van der Waals surface area contributed by atoms with Crippen LogP contribution < -0.4 is 0 Å².